The Hall–Kier alpha value is -1.42. The monoisotopic (exact) mass is 229 g/mol. The second-order valence-corrected chi connectivity index (χ2v) is 2.67. The first-order valence-electron chi connectivity index (χ1n) is 2.91. The minimum Gasteiger partial charge on any atom is -0.266 e. The Kier molecular flexibility index (Phi) is 2.40. The maximum Gasteiger partial charge on any atom is 0.285 e. The van der Waals surface area contributed by atoms with Crippen molar-refractivity contribution in [1.82, 2.24) is 20.3 Å². The van der Waals surface area contributed by atoms with Gasteiger partial charge in [-0.15, -0.1) is 5.10 Å². The lowest BCUT2D eigenvalue weighted by atomic mass is 10.4. The van der Waals surface area contributed by atoms with Crippen LogP contribution in [0.3, 0.4) is 0 Å². The molecular weight excluding hydrogens is 226 g/mol. The molecule has 1 amide bonds. The second kappa shape index (κ2) is 3.32. The van der Waals surface area contributed by atoms with E-state index >= 15 is 0 Å². The van der Waals surface area contributed by atoms with Gasteiger partial charge in [-0.3, -0.25) is 10.1 Å². The van der Waals surface area contributed by atoms with Gasteiger partial charge in [-0.25, -0.2) is 4.68 Å². The Balaban J connectivity index is 3.03. The van der Waals surface area contributed by atoms with E-state index in [1.807, 2.05) is 5.32 Å². The first kappa shape index (κ1) is 8.67. The van der Waals surface area contributed by atoms with Crippen molar-refractivity contribution in [2.45, 2.75) is 0 Å². The molecule has 1 rings (SSSR count). The minimum atomic E-state index is -0.531. The van der Waals surface area contributed by atoms with Crippen LogP contribution in [0.5, 0.6) is 0 Å². The van der Waals surface area contributed by atoms with Crippen LogP contribution in [0.4, 0.5) is 0 Å². The summed E-state index contributed by atoms with van der Waals surface area (Å²) in [6.07, 6.45) is 1.52. The van der Waals surface area contributed by atoms with E-state index in [0.29, 0.717) is 4.60 Å². The third-order valence-electron chi connectivity index (χ3n) is 1.17. The normalized spacial score (nSPS) is 9.08. The molecule has 0 bridgehead atoms. The number of hydrogen-bond acceptors (Lipinski definition) is 4. The van der Waals surface area contributed by atoms with Crippen LogP contribution in [0.25, 0.3) is 0 Å². The number of nitrogens with zero attached hydrogens (tertiary/aromatic N) is 4. The van der Waals surface area contributed by atoms with Crippen molar-refractivity contribution in [3.8, 4) is 6.19 Å². The smallest absolute Gasteiger partial charge is 0.266 e. The van der Waals surface area contributed by atoms with Crippen LogP contribution in [-0.2, 0) is 7.05 Å². The summed E-state index contributed by atoms with van der Waals surface area (Å²) in [7, 11) is 1.56. The molecule has 1 N–H and O–H groups in total. The molecule has 0 aromatic carbocycles. The third kappa shape index (κ3) is 1.43. The van der Waals surface area contributed by atoms with E-state index in [1.165, 1.54) is 10.9 Å². The van der Waals surface area contributed by atoms with Gasteiger partial charge in [-0.2, -0.15) is 5.26 Å². The van der Waals surface area contributed by atoms with Crippen molar-refractivity contribution in [1.29, 1.82) is 5.26 Å². The van der Waals surface area contributed by atoms with E-state index in [1.54, 1.807) is 7.05 Å². The molecule has 0 atom stereocenters. The molecule has 1 heterocycles. The Morgan fingerprint density at radius 2 is 2.50 bits per heavy atom. The summed E-state index contributed by atoms with van der Waals surface area (Å²) in [5.41, 5.74) is 0.219. The second-order valence-electron chi connectivity index (χ2n) is 1.92. The number of amides is 1. The number of carbonyl (C=O) groups excluding carboxylic acids is 1. The van der Waals surface area contributed by atoms with Crippen LogP contribution in [0.15, 0.2) is 4.60 Å². The summed E-state index contributed by atoms with van der Waals surface area (Å²) in [5, 5.41) is 17.3. The van der Waals surface area contributed by atoms with Gasteiger partial charge < -0.3 is 0 Å². The molecule has 0 fully saturated rings. The Morgan fingerprint density at radius 1 is 1.83 bits per heavy atom. The molecule has 7 heteroatoms. The Labute approximate surface area is 76.3 Å². The SMILES string of the molecule is Cn1nnc(Br)c1C(=O)NC#N. The van der Waals surface area contributed by atoms with Gasteiger partial charge in [0.15, 0.2) is 16.5 Å². The molecule has 1 aromatic rings. The summed E-state index contributed by atoms with van der Waals surface area (Å²) in [6, 6.07) is 0. The molecule has 6 nitrogen and oxygen atoms in total. The number of aromatic nitrogens is 3. The fourth-order valence-electron chi connectivity index (χ4n) is 0.683. The predicted octanol–water partition coefficient (Wildman–Crippen LogP) is -0.212. The molecule has 0 aliphatic carbocycles. The van der Waals surface area contributed by atoms with Crippen molar-refractivity contribution in [2.75, 3.05) is 0 Å². The molecule has 0 aliphatic heterocycles. The van der Waals surface area contributed by atoms with Crippen molar-refractivity contribution in [2.24, 2.45) is 7.05 Å². The van der Waals surface area contributed by atoms with E-state index in [2.05, 4.69) is 26.2 Å². The summed E-state index contributed by atoms with van der Waals surface area (Å²) < 4.78 is 1.59. The van der Waals surface area contributed by atoms with Crippen molar-refractivity contribution < 1.29 is 4.79 Å². The van der Waals surface area contributed by atoms with Crippen LogP contribution >= 0.6 is 15.9 Å². The lowest BCUT2D eigenvalue weighted by Gasteiger charge is -1.95. The summed E-state index contributed by atoms with van der Waals surface area (Å²) in [4.78, 5) is 11.1. The maximum atomic E-state index is 11.1. The molecule has 0 spiro atoms. The average Bonchev–Trinajstić information content (AvgIpc) is 2.32. The highest BCUT2D eigenvalue weighted by molar-refractivity contribution is 9.10. The molecule has 0 saturated heterocycles. The van der Waals surface area contributed by atoms with Gasteiger partial charge in [0.05, 0.1) is 0 Å². The number of nitrogens with one attached hydrogen (secondary N) is 1. The molecular formula is C5H4BrN5O. The van der Waals surface area contributed by atoms with Gasteiger partial charge in [0, 0.05) is 7.05 Å². The number of rotatable bonds is 1. The van der Waals surface area contributed by atoms with E-state index < -0.39 is 5.91 Å². The molecule has 0 saturated carbocycles. The Bertz CT molecular complexity index is 332. The van der Waals surface area contributed by atoms with Crippen LogP contribution in [0, 0.1) is 11.5 Å². The molecule has 1 aromatic heterocycles. The van der Waals surface area contributed by atoms with Gasteiger partial charge in [-0.05, 0) is 15.9 Å². The van der Waals surface area contributed by atoms with E-state index in [-0.39, 0.29) is 5.69 Å². The quantitative estimate of drug-likeness (QED) is 0.534. The van der Waals surface area contributed by atoms with Crippen LogP contribution in [0.1, 0.15) is 10.5 Å². The molecule has 62 valence electrons. The van der Waals surface area contributed by atoms with Gasteiger partial charge in [0.25, 0.3) is 5.91 Å². The van der Waals surface area contributed by atoms with Gasteiger partial charge in [-0.1, -0.05) is 5.21 Å². The molecule has 0 aliphatic rings. The molecule has 0 radical (unpaired) electrons. The number of aryl methyl sites for hydroxylation is 1. The van der Waals surface area contributed by atoms with Gasteiger partial charge in [0.2, 0.25) is 0 Å². The van der Waals surface area contributed by atoms with E-state index in [0.717, 1.165) is 0 Å². The number of nitriles is 1. The summed E-state index contributed by atoms with van der Waals surface area (Å²) in [5.74, 6) is -0.531. The van der Waals surface area contributed by atoms with Crippen molar-refractivity contribution in [3.63, 3.8) is 0 Å². The Morgan fingerprint density at radius 3 is 2.92 bits per heavy atom. The standard InChI is InChI=1S/C5H4BrN5O/c1-11-3(4(6)9-10-11)5(12)8-2-7/h1H3,(H,8,12). The van der Waals surface area contributed by atoms with E-state index in [9.17, 15) is 4.79 Å². The lowest BCUT2D eigenvalue weighted by molar-refractivity contribution is 0.0963. The fraction of sp³-hybridized carbons (Fsp3) is 0.200. The molecule has 0 unspecified atom stereocenters. The van der Waals surface area contributed by atoms with Crippen molar-refractivity contribution in [3.05, 3.63) is 10.3 Å². The first-order chi connectivity index (χ1) is 5.66. The average molecular weight is 230 g/mol. The zero-order chi connectivity index (χ0) is 9.14. The number of carbonyl (C=O) groups is 1. The summed E-state index contributed by atoms with van der Waals surface area (Å²) >= 11 is 3.02. The maximum absolute atomic E-state index is 11.1. The van der Waals surface area contributed by atoms with Crippen LogP contribution in [0.2, 0.25) is 0 Å². The van der Waals surface area contributed by atoms with E-state index in [4.69, 9.17) is 5.26 Å². The fourth-order valence-corrected chi connectivity index (χ4v) is 1.19. The highest BCUT2D eigenvalue weighted by atomic mass is 79.9. The largest absolute Gasteiger partial charge is 0.285 e. The third-order valence-corrected chi connectivity index (χ3v) is 1.70. The number of hydrogen-bond donors (Lipinski definition) is 1. The number of halogens is 1. The topological polar surface area (TPSA) is 83.6 Å². The minimum absolute atomic E-state index is 0.219. The summed E-state index contributed by atoms with van der Waals surface area (Å²) in [6.45, 7) is 0. The van der Waals surface area contributed by atoms with Crippen LogP contribution < -0.4 is 5.32 Å². The van der Waals surface area contributed by atoms with Crippen molar-refractivity contribution >= 4 is 21.8 Å². The lowest BCUT2D eigenvalue weighted by Crippen LogP contribution is -2.21. The van der Waals surface area contributed by atoms with Gasteiger partial charge in [0.1, 0.15) is 0 Å². The molecule has 12 heavy (non-hydrogen) atoms. The first-order valence-corrected chi connectivity index (χ1v) is 3.70. The highest BCUT2D eigenvalue weighted by Crippen LogP contribution is 2.10. The zero-order valence-electron chi connectivity index (χ0n) is 6.08. The van der Waals surface area contributed by atoms with Crippen LogP contribution in [-0.4, -0.2) is 20.9 Å². The predicted molar refractivity (Wildman–Crippen MR) is 41.8 cm³/mol. The zero-order valence-corrected chi connectivity index (χ0v) is 7.66. The highest BCUT2D eigenvalue weighted by Gasteiger charge is 2.15. The van der Waals surface area contributed by atoms with Gasteiger partial charge >= 0.3 is 0 Å².